The van der Waals surface area contributed by atoms with Crippen LogP contribution in [0.5, 0.6) is 5.75 Å². The van der Waals surface area contributed by atoms with Crippen molar-refractivity contribution in [2.24, 2.45) is 0 Å². The van der Waals surface area contributed by atoms with E-state index in [9.17, 15) is 0 Å². The maximum atomic E-state index is 6.23. The highest BCUT2D eigenvalue weighted by atomic mass is 35.5. The molecule has 0 spiro atoms. The monoisotopic (exact) mass is 324 g/mol. The normalized spacial score (nSPS) is 10.6. The van der Waals surface area contributed by atoms with Gasteiger partial charge >= 0.3 is 0 Å². The van der Waals surface area contributed by atoms with Crippen LogP contribution in [0.15, 0.2) is 18.3 Å². The summed E-state index contributed by atoms with van der Waals surface area (Å²) in [5, 5.41) is 4.61. The second-order valence-corrected chi connectivity index (χ2v) is 5.80. The van der Waals surface area contributed by atoms with E-state index < -0.39 is 0 Å². The molecule has 2 rings (SSSR count). The zero-order valence-electron chi connectivity index (χ0n) is 12.6. The summed E-state index contributed by atoms with van der Waals surface area (Å²) in [6, 6.07) is 3.68. The van der Waals surface area contributed by atoms with E-state index >= 15 is 0 Å². The molecular weight excluding hydrogens is 307 g/mol. The minimum absolute atomic E-state index is 0.557. The summed E-state index contributed by atoms with van der Waals surface area (Å²) < 4.78 is 5.41. The number of aryl methyl sites for hydroxylation is 2. The van der Waals surface area contributed by atoms with E-state index in [-0.39, 0.29) is 0 Å². The van der Waals surface area contributed by atoms with E-state index in [1.807, 2.05) is 39.1 Å². The summed E-state index contributed by atoms with van der Waals surface area (Å²) >= 11 is 12.4. The third-order valence-electron chi connectivity index (χ3n) is 3.44. The van der Waals surface area contributed by atoms with Crippen LogP contribution in [0.2, 0.25) is 10.0 Å². The predicted octanol–water partition coefficient (Wildman–Crippen LogP) is 4.93. The zero-order valence-corrected chi connectivity index (χ0v) is 14.1. The standard InChI is InChI=1S/C16H18Cl2N2O/c1-9-5-13(18)14(6-12(9)17)20-8-15-11(3)16(21-4)10(2)7-19-15/h5-7,20H,8H2,1-4H3. The molecule has 0 amide bonds. The Morgan fingerprint density at radius 3 is 2.48 bits per heavy atom. The topological polar surface area (TPSA) is 34.1 Å². The zero-order chi connectivity index (χ0) is 15.6. The van der Waals surface area contributed by atoms with Crippen molar-refractivity contribution < 1.29 is 4.74 Å². The number of nitrogens with one attached hydrogen (secondary N) is 1. The van der Waals surface area contributed by atoms with Gasteiger partial charge in [0.1, 0.15) is 5.75 Å². The number of nitrogens with zero attached hydrogens (tertiary/aromatic N) is 1. The Balaban J connectivity index is 2.23. The molecule has 3 nitrogen and oxygen atoms in total. The number of rotatable bonds is 4. The average Bonchev–Trinajstić information content (AvgIpc) is 2.43. The first kappa shape index (κ1) is 15.9. The van der Waals surface area contributed by atoms with Gasteiger partial charge in [-0.2, -0.15) is 0 Å². The maximum Gasteiger partial charge on any atom is 0.128 e. The Bertz CT molecular complexity index is 672. The summed E-state index contributed by atoms with van der Waals surface area (Å²) in [5.74, 6) is 0.870. The van der Waals surface area contributed by atoms with Crippen molar-refractivity contribution in [1.82, 2.24) is 4.98 Å². The molecule has 112 valence electrons. The lowest BCUT2D eigenvalue weighted by Crippen LogP contribution is -2.06. The summed E-state index contributed by atoms with van der Waals surface area (Å²) in [7, 11) is 1.67. The van der Waals surface area contributed by atoms with E-state index in [0.29, 0.717) is 16.6 Å². The Kier molecular flexibility index (Phi) is 4.96. The van der Waals surface area contributed by atoms with Gasteiger partial charge in [0.05, 0.1) is 30.1 Å². The lowest BCUT2D eigenvalue weighted by atomic mass is 10.1. The van der Waals surface area contributed by atoms with Crippen LogP contribution in [-0.2, 0) is 6.54 Å². The van der Waals surface area contributed by atoms with Gasteiger partial charge in [0.15, 0.2) is 0 Å². The van der Waals surface area contributed by atoms with Crippen molar-refractivity contribution in [2.75, 3.05) is 12.4 Å². The molecule has 0 radical (unpaired) electrons. The molecule has 0 unspecified atom stereocenters. The van der Waals surface area contributed by atoms with Crippen LogP contribution in [0.4, 0.5) is 5.69 Å². The molecule has 0 aliphatic heterocycles. The third-order valence-corrected chi connectivity index (χ3v) is 4.16. The van der Waals surface area contributed by atoms with Crippen LogP contribution in [0.3, 0.4) is 0 Å². The number of hydrogen-bond donors (Lipinski definition) is 1. The largest absolute Gasteiger partial charge is 0.496 e. The molecule has 2 aromatic rings. The summed E-state index contributed by atoms with van der Waals surface area (Å²) in [4.78, 5) is 4.45. The first-order valence-electron chi connectivity index (χ1n) is 6.62. The van der Waals surface area contributed by atoms with E-state index in [1.54, 1.807) is 7.11 Å². The summed E-state index contributed by atoms with van der Waals surface area (Å²) in [6.45, 7) is 6.46. The number of hydrogen-bond acceptors (Lipinski definition) is 3. The number of pyridine rings is 1. The maximum absolute atomic E-state index is 6.23. The lowest BCUT2D eigenvalue weighted by Gasteiger charge is -2.14. The van der Waals surface area contributed by atoms with Crippen molar-refractivity contribution in [2.45, 2.75) is 27.3 Å². The van der Waals surface area contributed by atoms with Gasteiger partial charge in [-0.25, -0.2) is 0 Å². The minimum Gasteiger partial charge on any atom is -0.496 e. The highest BCUT2D eigenvalue weighted by Gasteiger charge is 2.10. The van der Waals surface area contributed by atoms with Crippen LogP contribution in [0.25, 0.3) is 0 Å². The Morgan fingerprint density at radius 2 is 1.81 bits per heavy atom. The van der Waals surface area contributed by atoms with Gasteiger partial charge in [-0.1, -0.05) is 23.2 Å². The van der Waals surface area contributed by atoms with Crippen molar-refractivity contribution in [3.63, 3.8) is 0 Å². The predicted molar refractivity (Wildman–Crippen MR) is 88.8 cm³/mol. The van der Waals surface area contributed by atoms with Gasteiger partial charge in [0.25, 0.3) is 0 Å². The Hall–Kier alpha value is -1.45. The smallest absolute Gasteiger partial charge is 0.128 e. The second kappa shape index (κ2) is 6.54. The molecule has 0 bridgehead atoms. The SMILES string of the molecule is COc1c(C)cnc(CNc2cc(Cl)c(C)cc2Cl)c1C. The van der Waals surface area contributed by atoms with Gasteiger partial charge < -0.3 is 10.1 Å². The van der Waals surface area contributed by atoms with Crippen LogP contribution < -0.4 is 10.1 Å². The molecule has 0 aliphatic rings. The summed E-state index contributed by atoms with van der Waals surface area (Å²) in [6.07, 6.45) is 1.81. The number of halogens is 2. The minimum atomic E-state index is 0.557. The highest BCUT2D eigenvalue weighted by molar-refractivity contribution is 6.35. The van der Waals surface area contributed by atoms with E-state index in [0.717, 1.165) is 33.8 Å². The number of aromatic nitrogens is 1. The quantitative estimate of drug-likeness (QED) is 0.865. The van der Waals surface area contributed by atoms with Gasteiger partial charge in [-0.05, 0) is 38.5 Å². The van der Waals surface area contributed by atoms with Crippen molar-refractivity contribution >= 4 is 28.9 Å². The molecule has 5 heteroatoms. The van der Waals surface area contributed by atoms with Gasteiger partial charge in [-0.3, -0.25) is 4.98 Å². The fraction of sp³-hybridized carbons (Fsp3) is 0.312. The molecule has 0 fully saturated rings. The van der Waals surface area contributed by atoms with Crippen LogP contribution >= 0.6 is 23.2 Å². The van der Waals surface area contributed by atoms with Crippen LogP contribution in [-0.4, -0.2) is 12.1 Å². The highest BCUT2D eigenvalue weighted by Crippen LogP contribution is 2.30. The second-order valence-electron chi connectivity index (χ2n) is 4.98. The van der Waals surface area contributed by atoms with E-state index in [2.05, 4.69) is 10.3 Å². The van der Waals surface area contributed by atoms with Crippen LogP contribution in [0, 0.1) is 20.8 Å². The van der Waals surface area contributed by atoms with Gasteiger partial charge in [0, 0.05) is 22.3 Å². The van der Waals surface area contributed by atoms with E-state index in [4.69, 9.17) is 27.9 Å². The third kappa shape index (κ3) is 3.42. The molecule has 0 atom stereocenters. The van der Waals surface area contributed by atoms with Gasteiger partial charge in [-0.15, -0.1) is 0 Å². The average molecular weight is 325 g/mol. The molecule has 1 aromatic carbocycles. The molecule has 1 heterocycles. The molecule has 1 N–H and O–H groups in total. The number of benzene rings is 1. The molecule has 21 heavy (non-hydrogen) atoms. The molecule has 0 aliphatic carbocycles. The molecular formula is C16H18Cl2N2O. The fourth-order valence-electron chi connectivity index (χ4n) is 2.21. The first-order chi connectivity index (χ1) is 9.93. The Labute approximate surface area is 135 Å². The molecule has 0 saturated carbocycles. The fourth-order valence-corrected chi connectivity index (χ4v) is 2.66. The van der Waals surface area contributed by atoms with E-state index in [1.165, 1.54) is 0 Å². The van der Waals surface area contributed by atoms with Crippen molar-refractivity contribution in [3.05, 3.63) is 50.8 Å². The lowest BCUT2D eigenvalue weighted by molar-refractivity contribution is 0.407. The van der Waals surface area contributed by atoms with Gasteiger partial charge in [0.2, 0.25) is 0 Å². The van der Waals surface area contributed by atoms with Crippen molar-refractivity contribution in [3.8, 4) is 5.75 Å². The van der Waals surface area contributed by atoms with Crippen LogP contribution in [0.1, 0.15) is 22.4 Å². The van der Waals surface area contributed by atoms with Crippen molar-refractivity contribution in [1.29, 1.82) is 0 Å². The molecule has 1 aromatic heterocycles. The first-order valence-corrected chi connectivity index (χ1v) is 7.38. The molecule has 0 saturated heterocycles. The number of anilines is 1. The number of ether oxygens (including phenoxy) is 1. The number of methoxy groups -OCH3 is 1. The summed E-state index contributed by atoms with van der Waals surface area (Å²) in [5.41, 5.74) is 4.73. The Morgan fingerprint density at radius 1 is 1.10 bits per heavy atom.